The molecule has 1 aliphatic rings. The maximum Gasteiger partial charge on any atom is 0.411 e. The van der Waals surface area contributed by atoms with Crippen LogP contribution in [0.25, 0.3) is 0 Å². The molecule has 1 aromatic rings. The fraction of sp³-hybridized carbons (Fsp3) is 0.467. The minimum Gasteiger partial charge on any atom is -0.480 e. The van der Waals surface area contributed by atoms with Gasteiger partial charge in [-0.3, -0.25) is 4.90 Å². The van der Waals surface area contributed by atoms with Gasteiger partial charge < -0.3 is 14.6 Å². The molecule has 6 nitrogen and oxygen atoms in total. The van der Waals surface area contributed by atoms with Gasteiger partial charge in [-0.05, 0) is 18.4 Å². The Hall–Kier alpha value is -2.08. The third kappa shape index (κ3) is 4.19. The first kappa shape index (κ1) is 15.3. The third-order valence-corrected chi connectivity index (χ3v) is 3.30. The molecule has 1 aliphatic carbocycles. The lowest BCUT2D eigenvalue weighted by Gasteiger charge is -2.27. The summed E-state index contributed by atoms with van der Waals surface area (Å²) in [6.07, 6.45) is 0.993. The van der Waals surface area contributed by atoms with Gasteiger partial charge in [0.1, 0.15) is 6.61 Å². The summed E-state index contributed by atoms with van der Waals surface area (Å²) in [6.45, 7) is 0.0779. The van der Waals surface area contributed by atoms with Crippen LogP contribution in [0.2, 0.25) is 0 Å². The van der Waals surface area contributed by atoms with Crippen LogP contribution in [0.3, 0.4) is 0 Å². The summed E-state index contributed by atoms with van der Waals surface area (Å²) in [7, 11) is 1.41. The molecule has 1 atom stereocenters. The molecular formula is C15H19NO5. The summed E-state index contributed by atoms with van der Waals surface area (Å²) in [5.74, 6) is -1.08. The Labute approximate surface area is 123 Å². The van der Waals surface area contributed by atoms with Crippen LogP contribution in [0.15, 0.2) is 30.3 Å². The molecule has 0 spiro atoms. The second-order valence-electron chi connectivity index (χ2n) is 4.99. The molecule has 1 saturated carbocycles. The van der Waals surface area contributed by atoms with E-state index in [1.54, 1.807) is 0 Å². The Morgan fingerprint density at radius 3 is 2.52 bits per heavy atom. The van der Waals surface area contributed by atoms with Crippen molar-refractivity contribution in [3.05, 3.63) is 35.9 Å². The zero-order chi connectivity index (χ0) is 15.2. The zero-order valence-corrected chi connectivity index (χ0v) is 11.9. The van der Waals surface area contributed by atoms with Crippen LogP contribution in [0.4, 0.5) is 4.79 Å². The number of carboxylic acid groups (broad SMARTS) is 1. The molecule has 1 N–H and O–H groups in total. The second kappa shape index (κ2) is 7.08. The molecule has 2 rings (SSSR count). The molecule has 0 aliphatic heterocycles. The summed E-state index contributed by atoms with van der Waals surface area (Å²) in [6, 6.07) is 8.20. The highest BCUT2D eigenvalue weighted by Crippen LogP contribution is 2.29. The predicted molar refractivity (Wildman–Crippen MR) is 74.8 cm³/mol. The van der Waals surface area contributed by atoms with Gasteiger partial charge in [-0.2, -0.15) is 0 Å². The molecule has 0 radical (unpaired) electrons. The Kier molecular flexibility index (Phi) is 5.16. The van der Waals surface area contributed by atoms with E-state index in [1.165, 1.54) is 12.0 Å². The number of benzene rings is 1. The number of aliphatic carboxylic acids is 1. The van der Waals surface area contributed by atoms with Gasteiger partial charge in [0.15, 0.2) is 6.04 Å². The third-order valence-electron chi connectivity index (χ3n) is 3.30. The number of hydrogen-bond donors (Lipinski definition) is 1. The van der Waals surface area contributed by atoms with E-state index in [0.717, 1.165) is 18.4 Å². The summed E-state index contributed by atoms with van der Waals surface area (Å²) in [5, 5.41) is 9.26. The van der Waals surface area contributed by atoms with Crippen LogP contribution in [0.5, 0.6) is 0 Å². The van der Waals surface area contributed by atoms with E-state index in [0.29, 0.717) is 0 Å². The highest BCUT2D eigenvalue weighted by Gasteiger charge is 2.41. The molecule has 6 heteroatoms. The van der Waals surface area contributed by atoms with E-state index in [-0.39, 0.29) is 19.3 Å². The highest BCUT2D eigenvalue weighted by atomic mass is 16.6. The van der Waals surface area contributed by atoms with Crippen molar-refractivity contribution in [1.82, 2.24) is 4.90 Å². The van der Waals surface area contributed by atoms with E-state index in [2.05, 4.69) is 0 Å². The normalized spacial score (nSPS) is 15.3. The molecule has 0 bridgehead atoms. The molecular weight excluding hydrogens is 274 g/mol. The predicted octanol–water partition coefficient (Wildman–Crippen LogP) is 1.89. The first-order valence-corrected chi connectivity index (χ1v) is 6.84. The van der Waals surface area contributed by atoms with Gasteiger partial charge >= 0.3 is 12.1 Å². The molecule has 1 unspecified atom stereocenters. The molecule has 1 fully saturated rings. The quantitative estimate of drug-likeness (QED) is 0.830. The van der Waals surface area contributed by atoms with Gasteiger partial charge in [-0.15, -0.1) is 0 Å². The lowest BCUT2D eigenvalue weighted by atomic mass is 10.2. The van der Waals surface area contributed by atoms with Crippen molar-refractivity contribution in [2.24, 2.45) is 0 Å². The Bertz CT molecular complexity index is 486. The molecule has 1 amide bonds. The largest absolute Gasteiger partial charge is 0.480 e. The van der Waals surface area contributed by atoms with E-state index < -0.39 is 18.1 Å². The van der Waals surface area contributed by atoms with Gasteiger partial charge in [-0.1, -0.05) is 30.3 Å². The lowest BCUT2D eigenvalue weighted by Crippen LogP contribution is -2.49. The minimum absolute atomic E-state index is 0.0493. The van der Waals surface area contributed by atoms with Crippen molar-refractivity contribution in [1.29, 1.82) is 0 Å². The van der Waals surface area contributed by atoms with Crippen molar-refractivity contribution < 1.29 is 24.2 Å². The fourth-order valence-electron chi connectivity index (χ4n) is 2.11. The number of carbonyl (C=O) groups is 2. The molecule has 21 heavy (non-hydrogen) atoms. The summed E-state index contributed by atoms with van der Waals surface area (Å²) in [5.41, 5.74) is 0.861. The van der Waals surface area contributed by atoms with E-state index in [9.17, 15) is 14.7 Å². The van der Waals surface area contributed by atoms with Crippen molar-refractivity contribution in [3.8, 4) is 0 Å². The monoisotopic (exact) mass is 293 g/mol. The van der Waals surface area contributed by atoms with Crippen LogP contribution < -0.4 is 0 Å². The van der Waals surface area contributed by atoms with E-state index >= 15 is 0 Å². The molecule has 0 heterocycles. The number of ether oxygens (including phenoxy) is 2. The van der Waals surface area contributed by atoms with Crippen LogP contribution in [-0.4, -0.2) is 47.9 Å². The second-order valence-corrected chi connectivity index (χ2v) is 4.99. The van der Waals surface area contributed by atoms with Crippen LogP contribution in [0, 0.1) is 0 Å². The number of amides is 1. The SMILES string of the molecule is COCC(C(=O)O)N(C(=O)OCc1ccccc1)C1CC1. The van der Waals surface area contributed by atoms with Crippen LogP contribution >= 0.6 is 0 Å². The van der Waals surface area contributed by atoms with Crippen LogP contribution in [-0.2, 0) is 20.9 Å². The van der Waals surface area contributed by atoms with Gasteiger partial charge in [0, 0.05) is 13.2 Å². The number of carboxylic acids is 1. The first-order valence-electron chi connectivity index (χ1n) is 6.84. The molecule has 0 saturated heterocycles. The van der Waals surface area contributed by atoms with E-state index in [1.807, 2.05) is 30.3 Å². The fourth-order valence-corrected chi connectivity index (χ4v) is 2.11. The maximum absolute atomic E-state index is 12.2. The summed E-state index contributed by atoms with van der Waals surface area (Å²) < 4.78 is 10.1. The van der Waals surface area contributed by atoms with Crippen molar-refractivity contribution in [2.75, 3.05) is 13.7 Å². The average Bonchev–Trinajstić information content (AvgIpc) is 3.30. The topological polar surface area (TPSA) is 76.1 Å². The smallest absolute Gasteiger partial charge is 0.411 e. The first-order chi connectivity index (χ1) is 10.1. The number of carbonyl (C=O) groups excluding carboxylic acids is 1. The van der Waals surface area contributed by atoms with Crippen molar-refractivity contribution in [2.45, 2.75) is 31.5 Å². The van der Waals surface area contributed by atoms with Gasteiger partial charge in [0.2, 0.25) is 0 Å². The van der Waals surface area contributed by atoms with Gasteiger partial charge in [-0.25, -0.2) is 9.59 Å². The number of hydrogen-bond acceptors (Lipinski definition) is 4. The number of rotatable bonds is 7. The van der Waals surface area contributed by atoms with Crippen LogP contribution in [0.1, 0.15) is 18.4 Å². The molecule has 1 aromatic carbocycles. The van der Waals surface area contributed by atoms with Crippen molar-refractivity contribution >= 4 is 12.1 Å². The zero-order valence-electron chi connectivity index (χ0n) is 11.9. The van der Waals surface area contributed by atoms with Gasteiger partial charge in [0.05, 0.1) is 6.61 Å². The van der Waals surface area contributed by atoms with Gasteiger partial charge in [0.25, 0.3) is 0 Å². The van der Waals surface area contributed by atoms with Crippen molar-refractivity contribution in [3.63, 3.8) is 0 Å². The Morgan fingerprint density at radius 2 is 2.00 bits per heavy atom. The minimum atomic E-state index is -1.08. The van der Waals surface area contributed by atoms with E-state index in [4.69, 9.17) is 9.47 Å². The average molecular weight is 293 g/mol. The molecule has 0 aromatic heterocycles. The standard InChI is InChI=1S/C15H19NO5/c1-20-10-13(14(17)18)16(12-7-8-12)15(19)21-9-11-5-3-2-4-6-11/h2-6,12-13H,7-10H2,1H3,(H,17,18). The summed E-state index contributed by atoms with van der Waals surface area (Å²) >= 11 is 0. The summed E-state index contributed by atoms with van der Waals surface area (Å²) in [4.78, 5) is 24.8. The lowest BCUT2D eigenvalue weighted by molar-refractivity contribution is -0.145. The maximum atomic E-state index is 12.2. The number of methoxy groups -OCH3 is 1. The Balaban J connectivity index is 2.00. The Morgan fingerprint density at radius 1 is 1.33 bits per heavy atom. The number of nitrogens with zero attached hydrogens (tertiary/aromatic N) is 1. The highest BCUT2D eigenvalue weighted by molar-refractivity contribution is 5.80. The molecule has 114 valence electrons.